The standard InChI is InChI=1S/C19H29N3O2/c1-15(20-2)14-21-19(24)17-10-12-22(13-11-17)18(23)9-8-16-6-4-3-5-7-16/h3-7,15,17,20H,8-14H2,1-2H3,(H,21,24). The molecular weight excluding hydrogens is 302 g/mol. The van der Waals surface area contributed by atoms with Gasteiger partial charge in [0.05, 0.1) is 0 Å². The lowest BCUT2D eigenvalue weighted by Gasteiger charge is -2.31. The molecule has 1 saturated heterocycles. The molecule has 1 unspecified atom stereocenters. The number of benzene rings is 1. The van der Waals surface area contributed by atoms with E-state index in [2.05, 4.69) is 22.8 Å². The number of nitrogens with one attached hydrogen (secondary N) is 2. The van der Waals surface area contributed by atoms with Crippen molar-refractivity contribution in [1.29, 1.82) is 0 Å². The SMILES string of the molecule is CNC(C)CNC(=O)C1CCN(C(=O)CCc2ccccc2)CC1. The van der Waals surface area contributed by atoms with E-state index < -0.39 is 0 Å². The molecule has 1 fully saturated rings. The van der Waals surface area contributed by atoms with Gasteiger partial charge in [-0.15, -0.1) is 0 Å². The van der Waals surface area contributed by atoms with Gasteiger partial charge in [0.1, 0.15) is 0 Å². The lowest BCUT2D eigenvalue weighted by Crippen LogP contribution is -2.45. The minimum absolute atomic E-state index is 0.0345. The average molecular weight is 331 g/mol. The minimum Gasteiger partial charge on any atom is -0.354 e. The Morgan fingerprint density at radius 1 is 1.21 bits per heavy atom. The van der Waals surface area contributed by atoms with Crippen molar-refractivity contribution in [2.45, 2.75) is 38.6 Å². The Hall–Kier alpha value is -1.88. The topological polar surface area (TPSA) is 61.4 Å². The van der Waals surface area contributed by atoms with E-state index in [0.717, 1.165) is 19.3 Å². The largest absolute Gasteiger partial charge is 0.354 e. The van der Waals surface area contributed by atoms with Crippen molar-refractivity contribution in [2.75, 3.05) is 26.7 Å². The number of carbonyl (C=O) groups excluding carboxylic acids is 2. The van der Waals surface area contributed by atoms with E-state index >= 15 is 0 Å². The van der Waals surface area contributed by atoms with Gasteiger partial charge in [-0.05, 0) is 38.8 Å². The molecule has 1 atom stereocenters. The fraction of sp³-hybridized carbons (Fsp3) is 0.579. The lowest BCUT2D eigenvalue weighted by molar-refractivity contribution is -0.135. The van der Waals surface area contributed by atoms with Crippen LogP contribution in [0.25, 0.3) is 0 Å². The maximum Gasteiger partial charge on any atom is 0.223 e. The summed E-state index contributed by atoms with van der Waals surface area (Å²) in [5.74, 6) is 0.349. The molecular formula is C19H29N3O2. The number of hydrogen-bond acceptors (Lipinski definition) is 3. The Morgan fingerprint density at radius 3 is 2.50 bits per heavy atom. The highest BCUT2D eigenvalue weighted by Crippen LogP contribution is 2.18. The molecule has 0 aromatic heterocycles. The van der Waals surface area contributed by atoms with E-state index in [-0.39, 0.29) is 23.8 Å². The monoisotopic (exact) mass is 331 g/mol. The van der Waals surface area contributed by atoms with Gasteiger partial charge in [-0.2, -0.15) is 0 Å². The van der Waals surface area contributed by atoms with Gasteiger partial charge in [0.25, 0.3) is 0 Å². The Morgan fingerprint density at radius 2 is 1.88 bits per heavy atom. The van der Waals surface area contributed by atoms with Crippen LogP contribution < -0.4 is 10.6 Å². The van der Waals surface area contributed by atoms with Crippen LogP contribution in [0.3, 0.4) is 0 Å². The molecule has 0 saturated carbocycles. The summed E-state index contributed by atoms with van der Waals surface area (Å²) in [5, 5.41) is 6.09. The molecule has 24 heavy (non-hydrogen) atoms. The zero-order chi connectivity index (χ0) is 17.4. The van der Waals surface area contributed by atoms with Gasteiger partial charge < -0.3 is 15.5 Å². The Bertz CT molecular complexity index is 525. The number of amides is 2. The van der Waals surface area contributed by atoms with Gasteiger partial charge in [0.15, 0.2) is 0 Å². The number of likely N-dealkylation sites (N-methyl/N-ethyl adjacent to an activating group) is 1. The van der Waals surface area contributed by atoms with E-state index in [0.29, 0.717) is 26.1 Å². The van der Waals surface area contributed by atoms with Gasteiger partial charge in [-0.1, -0.05) is 30.3 Å². The van der Waals surface area contributed by atoms with Crippen LogP contribution in [0.1, 0.15) is 31.7 Å². The fourth-order valence-corrected chi connectivity index (χ4v) is 2.95. The number of rotatable bonds is 7. The number of hydrogen-bond donors (Lipinski definition) is 2. The van der Waals surface area contributed by atoms with Gasteiger partial charge in [0.2, 0.25) is 11.8 Å². The maximum absolute atomic E-state index is 12.3. The van der Waals surface area contributed by atoms with Crippen LogP contribution in [0, 0.1) is 5.92 Å². The van der Waals surface area contributed by atoms with Crippen LogP contribution >= 0.6 is 0 Å². The lowest BCUT2D eigenvalue weighted by atomic mass is 9.95. The summed E-state index contributed by atoms with van der Waals surface area (Å²) < 4.78 is 0. The van der Waals surface area contributed by atoms with Gasteiger partial charge in [-0.3, -0.25) is 9.59 Å². The molecule has 0 bridgehead atoms. The molecule has 2 rings (SSSR count). The van der Waals surface area contributed by atoms with Crippen LogP contribution in [0.4, 0.5) is 0 Å². The van der Waals surface area contributed by atoms with Crippen molar-refractivity contribution >= 4 is 11.8 Å². The van der Waals surface area contributed by atoms with Crippen LogP contribution in [0.15, 0.2) is 30.3 Å². The molecule has 1 aromatic carbocycles. The quantitative estimate of drug-likeness (QED) is 0.797. The summed E-state index contributed by atoms with van der Waals surface area (Å²) in [5.41, 5.74) is 1.19. The molecule has 5 heteroatoms. The summed E-state index contributed by atoms with van der Waals surface area (Å²) in [6.07, 6.45) is 2.84. The highest BCUT2D eigenvalue weighted by atomic mass is 16.2. The highest BCUT2D eigenvalue weighted by molar-refractivity contribution is 5.80. The normalized spacial score (nSPS) is 16.7. The fourth-order valence-electron chi connectivity index (χ4n) is 2.95. The number of nitrogens with zero attached hydrogens (tertiary/aromatic N) is 1. The summed E-state index contributed by atoms with van der Waals surface area (Å²) in [4.78, 5) is 26.4. The Kier molecular flexibility index (Phi) is 7.25. The first-order chi connectivity index (χ1) is 11.6. The third kappa shape index (κ3) is 5.64. The Balaban J connectivity index is 1.70. The van der Waals surface area contributed by atoms with Crippen LogP contribution in [0.5, 0.6) is 0 Å². The van der Waals surface area contributed by atoms with Crippen molar-refractivity contribution in [3.63, 3.8) is 0 Å². The van der Waals surface area contributed by atoms with Crippen molar-refractivity contribution in [3.8, 4) is 0 Å². The first-order valence-corrected chi connectivity index (χ1v) is 8.87. The smallest absolute Gasteiger partial charge is 0.223 e. The van der Waals surface area contributed by atoms with Crippen LogP contribution in [0.2, 0.25) is 0 Å². The second kappa shape index (κ2) is 9.42. The zero-order valence-corrected chi connectivity index (χ0v) is 14.8. The van der Waals surface area contributed by atoms with Gasteiger partial charge in [-0.25, -0.2) is 0 Å². The van der Waals surface area contributed by atoms with E-state index in [9.17, 15) is 9.59 Å². The van der Waals surface area contributed by atoms with E-state index in [4.69, 9.17) is 0 Å². The number of piperidine rings is 1. The average Bonchev–Trinajstić information content (AvgIpc) is 2.64. The molecule has 5 nitrogen and oxygen atoms in total. The minimum atomic E-state index is 0.0345. The predicted octanol–water partition coefficient (Wildman–Crippen LogP) is 1.58. The molecule has 1 aliphatic heterocycles. The van der Waals surface area contributed by atoms with Crippen molar-refractivity contribution in [1.82, 2.24) is 15.5 Å². The van der Waals surface area contributed by atoms with Crippen molar-refractivity contribution in [3.05, 3.63) is 35.9 Å². The second-order valence-electron chi connectivity index (χ2n) is 6.58. The van der Waals surface area contributed by atoms with E-state index in [1.807, 2.05) is 37.1 Å². The first-order valence-electron chi connectivity index (χ1n) is 8.87. The number of aryl methyl sites for hydroxylation is 1. The molecule has 1 aliphatic rings. The first kappa shape index (κ1) is 18.5. The van der Waals surface area contributed by atoms with Gasteiger partial charge >= 0.3 is 0 Å². The molecule has 1 heterocycles. The molecule has 0 radical (unpaired) electrons. The maximum atomic E-state index is 12.3. The molecule has 2 amide bonds. The predicted molar refractivity (Wildman–Crippen MR) is 95.6 cm³/mol. The molecule has 0 aliphatic carbocycles. The van der Waals surface area contributed by atoms with Crippen molar-refractivity contribution < 1.29 is 9.59 Å². The summed E-state index contributed by atoms with van der Waals surface area (Å²) in [6, 6.07) is 10.4. The number of likely N-dealkylation sites (tertiary alicyclic amines) is 1. The third-order valence-corrected chi connectivity index (χ3v) is 4.76. The molecule has 132 valence electrons. The van der Waals surface area contributed by atoms with Crippen molar-refractivity contribution in [2.24, 2.45) is 5.92 Å². The summed E-state index contributed by atoms with van der Waals surface area (Å²) in [6.45, 7) is 4.06. The van der Waals surface area contributed by atoms with E-state index in [1.165, 1.54) is 5.56 Å². The molecule has 0 spiro atoms. The van der Waals surface area contributed by atoms with Gasteiger partial charge in [0, 0.05) is 38.0 Å². The summed E-state index contributed by atoms with van der Waals surface area (Å²) in [7, 11) is 1.89. The van der Waals surface area contributed by atoms with Crippen LogP contribution in [-0.2, 0) is 16.0 Å². The Labute approximate surface area is 144 Å². The zero-order valence-electron chi connectivity index (χ0n) is 14.8. The second-order valence-corrected chi connectivity index (χ2v) is 6.58. The molecule has 2 N–H and O–H groups in total. The third-order valence-electron chi connectivity index (χ3n) is 4.76. The summed E-state index contributed by atoms with van der Waals surface area (Å²) >= 11 is 0. The van der Waals surface area contributed by atoms with E-state index in [1.54, 1.807) is 0 Å². The number of carbonyl (C=O) groups is 2. The highest BCUT2D eigenvalue weighted by Gasteiger charge is 2.27. The molecule has 1 aromatic rings. The van der Waals surface area contributed by atoms with Crippen LogP contribution in [-0.4, -0.2) is 49.4 Å².